The van der Waals surface area contributed by atoms with Crippen LogP contribution >= 0.6 is 0 Å². The Morgan fingerprint density at radius 2 is 1.67 bits per heavy atom. The number of aromatic nitrogens is 4. The summed E-state index contributed by atoms with van der Waals surface area (Å²) in [6, 6.07) is 0. The first-order chi connectivity index (χ1) is 15.4. The van der Waals surface area contributed by atoms with Gasteiger partial charge in [-0.1, -0.05) is 0 Å². The van der Waals surface area contributed by atoms with E-state index < -0.39 is 65.0 Å². The predicted molar refractivity (Wildman–Crippen MR) is 112 cm³/mol. The highest BCUT2D eigenvalue weighted by molar-refractivity contribution is 5.14. The van der Waals surface area contributed by atoms with E-state index in [0.29, 0.717) is 0 Å². The molecule has 2 aromatic heterocycles. The number of ether oxygens (including phenoxy) is 2. The van der Waals surface area contributed by atoms with E-state index in [-0.39, 0.29) is 24.0 Å². The Labute approximate surface area is 185 Å². The molecule has 180 valence electrons. The van der Waals surface area contributed by atoms with Crippen LogP contribution in [-0.4, -0.2) is 64.9 Å². The number of aromatic amines is 2. The van der Waals surface area contributed by atoms with Crippen LogP contribution in [0.3, 0.4) is 0 Å². The van der Waals surface area contributed by atoms with E-state index in [4.69, 9.17) is 9.47 Å². The number of nitrogens with zero attached hydrogens (tertiary/aromatic N) is 2. The number of rotatable bonds is 4. The third kappa shape index (κ3) is 3.43. The normalized spacial score (nSPS) is 34.1. The molecule has 2 aliphatic heterocycles. The molecule has 13 nitrogen and oxygen atoms in total. The summed E-state index contributed by atoms with van der Waals surface area (Å²) < 4.78 is 13.9. The van der Waals surface area contributed by atoms with Gasteiger partial charge in [-0.05, 0) is 20.8 Å². The van der Waals surface area contributed by atoms with Crippen molar-refractivity contribution in [3.63, 3.8) is 0 Å². The van der Waals surface area contributed by atoms with Gasteiger partial charge in [-0.15, -0.1) is 0 Å². The van der Waals surface area contributed by atoms with E-state index in [1.54, 1.807) is 6.92 Å². The third-order valence-electron chi connectivity index (χ3n) is 6.56. The molecule has 0 aliphatic carbocycles. The molecule has 5 N–H and O–H groups in total. The fraction of sp³-hybridized carbons (Fsp3) is 0.600. The van der Waals surface area contributed by atoms with E-state index in [1.165, 1.54) is 26.2 Å². The van der Waals surface area contributed by atoms with Gasteiger partial charge in [-0.25, -0.2) is 9.59 Å². The lowest BCUT2D eigenvalue weighted by Crippen LogP contribution is -2.64. The van der Waals surface area contributed by atoms with Gasteiger partial charge in [0, 0.05) is 36.4 Å². The molecule has 2 fully saturated rings. The molecule has 0 saturated carbocycles. The van der Waals surface area contributed by atoms with Crippen LogP contribution in [0.5, 0.6) is 0 Å². The number of aliphatic hydroxyl groups excluding tert-OH is 2. The van der Waals surface area contributed by atoms with Gasteiger partial charge in [-0.2, -0.15) is 0 Å². The molecule has 0 bridgehead atoms. The number of nitrogens with one attached hydrogen (secondary N) is 2. The quantitative estimate of drug-likeness (QED) is 0.325. The van der Waals surface area contributed by atoms with Gasteiger partial charge in [0.1, 0.15) is 17.9 Å². The van der Waals surface area contributed by atoms with Gasteiger partial charge >= 0.3 is 11.4 Å². The minimum atomic E-state index is -2.13. The minimum absolute atomic E-state index is 0.152. The first kappa shape index (κ1) is 23.3. The molecule has 0 amide bonds. The second-order valence-corrected chi connectivity index (χ2v) is 8.69. The molecule has 13 heteroatoms. The number of hydrogen-bond acceptors (Lipinski definition) is 9. The Morgan fingerprint density at radius 3 is 2.24 bits per heavy atom. The number of H-pyrrole nitrogens is 2. The zero-order valence-corrected chi connectivity index (χ0v) is 18.3. The fourth-order valence-electron chi connectivity index (χ4n) is 4.68. The fourth-order valence-corrected chi connectivity index (χ4v) is 4.68. The van der Waals surface area contributed by atoms with Crippen molar-refractivity contribution in [2.45, 2.75) is 69.5 Å². The van der Waals surface area contributed by atoms with Crippen LogP contribution < -0.4 is 22.5 Å². The maximum Gasteiger partial charge on any atom is 0.330 e. The maximum atomic E-state index is 12.8. The van der Waals surface area contributed by atoms with Crippen molar-refractivity contribution in [3.8, 4) is 0 Å². The second-order valence-electron chi connectivity index (χ2n) is 8.69. The van der Waals surface area contributed by atoms with Gasteiger partial charge in [0.25, 0.3) is 11.1 Å². The lowest BCUT2D eigenvalue weighted by Gasteiger charge is -2.44. The molecule has 33 heavy (non-hydrogen) atoms. The van der Waals surface area contributed by atoms with E-state index in [0.717, 1.165) is 9.13 Å². The SMILES string of the molecule is Cc1cn([C@H]2C[C@@](O)([C@]3(n4cc(C)c(=O)[nH]c4=O)C[C@H](O)[C@@H](C)O3)[C@@H](CO)O2)c(=O)[nH]c1=O. The van der Waals surface area contributed by atoms with Crippen molar-refractivity contribution in [1.82, 2.24) is 19.1 Å². The second kappa shape index (κ2) is 7.88. The Balaban J connectivity index is 1.90. The zero-order chi connectivity index (χ0) is 24.3. The van der Waals surface area contributed by atoms with Gasteiger partial charge < -0.3 is 24.8 Å². The van der Waals surface area contributed by atoms with Crippen LogP contribution in [0.15, 0.2) is 31.6 Å². The van der Waals surface area contributed by atoms with Crippen LogP contribution in [0.4, 0.5) is 0 Å². The van der Waals surface area contributed by atoms with Crippen molar-refractivity contribution < 1.29 is 24.8 Å². The molecule has 2 saturated heterocycles. The van der Waals surface area contributed by atoms with Gasteiger partial charge in [-0.3, -0.25) is 28.7 Å². The molecule has 0 unspecified atom stereocenters. The van der Waals surface area contributed by atoms with Crippen molar-refractivity contribution in [1.29, 1.82) is 0 Å². The third-order valence-corrected chi connectivity index (χ3v) is 6.56. The Hall–Kier alpha value is -2.84. The van der Waals surface area contributed by atoms with Crippen LogP contribution in [0, 0.1) is 13.8 Å². The Bertz CT molecular complexity index is 1300. The highest BCUT2D eigenvalue weighted by atomic mass is 16.6. The van der Waals surface area contributed by atoms with Crippen molar-refractivity contribution in [2.24, 2.45) is 0 Å². The largest absolute Gasteiger partial charge is 0.394 e. The van der Waals surface area contributed by atoms with Crippen molar-refractivity contribution in [2.75, 3.05) is 6.61 Å². The molecule has 4 heterocycles. The first-order valence-corrected chi connectivity index (χ1v) is 10.4. The van der Waals surface area contributed by atoms with Crippen molar-refractivity contribution >= 4 is 0 Å². The van der Waals surface area contributed by atoms with E-state index in [2.05, 4.69) is 9.97 Å². The van der Waals surface area contributed by atoms with E-state index in [9.17, 15) is 34.5 Å². The average Bonchev–Trinajstić information content (AvgIpc) is 3.25. The zero-order valence-electron chi connectivity index (χ0n) is 18.3. The topological polar surface area (TPSA) is 189 Å². The van der Waals surface area contributed by atoms with Crippen molar-refractivity contribution in [3.05, 3.63) is 65.2 Å². The Morgan fingerprint density at radius 1 is 1.06 bits per heavy atom. The molecule has 2 aliphatic rings. The minimum Gasteiger partial charge on any atom is -0.394 e. The molecule has 6 atom stereocenters. The lowest BCUT2D eigenvalue weighted by atomic mass is 9.80. The monoisotopic (exact) mass is 466 g/mol. The molecule has 0 aromatic carbocycles. The van der Waals surface area contributed by atoms with Crippen LogP contribution in [0.1, 0.15) is 37.1 Å². The predicted octanol–water partition coefficient (Wildman–Crippen LogP) is -2.46. The average molecular weight is 466 g/mol. The summed E-state index contributed by atoms with van der Waals surface area (Å²) in [5.41, 5.74) is -6.58. The summed E-state index contributed by atoms with van der Waals surface area (Å²) in [6.07, 6.45) is -2.52. The van der Waals surface area contributed by atoms with E-state index in [1.807, 2.05) is 0 Å². The van der Waals surface area contributed by atoms with Gasteiger partial charge in [0.05, 0.1) is 18.8 Å². The number of aryl methyl sites for hydroxylation is 2. The summed E-state index contributed by atoms with van der Waals surface area (Å²) in [4.78, 5) is 53.2. The summed E-state index contributed by atoms with van der Waals surface area (Å²) in [6.45, 7) is 3.79. The maximum absolute atomic E-state index is 12.8. The molecular formula is C20H26N4O9. The highest BCUT2D eigenvalue weighted by Crippen LogP contribution is 2.52. The lowest BCUT2D eigenvalue weighted by molar-refractivity contribution is -0.245. The Kier molecular flexibility index (Phi) is 5.57. The first-order valence-electron chi connectivity index (χ1n) is 10.4. The number of hydrogen-bond donors (Lipinski definition) is 5. The summed E-state index contributed by atoms with van der Waals surface area (Å²) in [7, 11) is 0. The molecular weight excluding hydrogens is 440 g/mol. The highest BCUT2D eigenvalue weighted by Gasteiger charge is 2.67. The van der Waals surface area contributed by atoms with Gasteiger partial charge in [0.2, 0.25) is 0 Å². The van der Waals surface area contributed by atoms with Crippen LogP contribution in [-0.2, 0) is 15.2 Å². The van der Waals surface area contributed by atoms with E-state index >= 15 is 0 Å². The molecule has 0 radical (unpaired) electrons. The molecule has 2 aromatic rings. The van der Waals surface area contributed by atoms with Gasteiger partial charge in [0.15, 0.2) is 5.72 Å². The smallest absolute Gasteiger partial charge is 0.330 e. The summed E-state index contributed by atoms with van der Waals surface area (Å²) >= 11 is 0. The van der Waals surface area contributed by atoms with Crippen LogP contribution in [0.2, 0.25) is 0 Å². The summed E-state index contributed by atoms with van der Waals surface area (Å²) in [5, 5.41) is 32.5. The van der Waals surface area contributed by atoms with Crippen LogP contribution in [0.25, 0.3) is 0 Å². The standard InChI is InChI=1S/C20H26N4O9/c1-9-6-23(17(29)21-15(9)27)14-5-19(31,13(8-25)32-14)20(4-12(26)11(3)33-20)24-7-10(2)16(28)22-18(24)30/h6-7,11-14,25-26,31H,4-5,8H2,1-3H3,(H,21,27,29)(H,22,28,30)/t11-,12+,13-,14-,19+,20+/m1/s1. The summed E-state index contributed by atoms with van der Waals surface area (Å²) in [5.74, 6) is 0. The molecule has 4 rings (SSSR count). The number of aliphatic hydroxyl groups is 3. The molecule has 0 spiro atoms.